The lowest BCUT2D eigenvalue weighted by Gasteiger charge is -2.19. The van der Waals surface area contributed by atoms with E-state index in [1.807, 2.05) is 44.2 Å². The van der Waals surface area contributed by atoms with Gasteiger partial charge in [0.1, 0.15) is 12.8 Å². The molecule has 0 fully saturated rings. The van der Waals surface area contributed by atoms with Crippen LogP contribution in [-0.2, 0) is 30.3 Å². The molecule has 0 aromatic heterocycles. The molecule has 9 heteroatoms. The van der Waals surface area contributed by atoms with Crippen LogP contribution in [0.15, 0.2) is 30.3 Å². The van der Waals surface area contributed by atoms with Crippen molar-refractivity contribution in [2.75, 3.05) is 19.8 Å². The number of nitrogens with one attached hydrogen (secondary N) is 4. The molecule has 0 bridgehead atoms. The van der Waals surface area contributed by atoms with Crippen molar-refractivity contribution in [1.29, 1.82) is 0 Å². The normalized spacial score (nSPS) is 12.4. The predicted octanol–water partition coefficient (Wildman–Crippen LogP) is -0.535. The molecule has 0 saturated carbocycles. The van der Waals surface area contributed by atoms with Gasteiger partial charge in [-0.1, -0.05) is 37.3 Å². The molecule has 2 atom stereocenters. The van der Waals surface area contributed by atoms with Crippen LogP contribution in [0.3, 0.4) is 0 Å². The molecule has 1 aromatic carbocycles. The molecular formula is C19H28N4O5. The minimum absolute atomic E-state index is 0.0281. The quantitative estimate of drug-likeness (QED) is 0.265. The first kappa shape index (κ1) is 23.1. The van der Waals surface area contributed by atoms with Gasteiger partial charge in [-0.25, -0.2) is 0 Å². The largest absolute Gasteiger partial charge is 0.358 e. The standard InChI is InChI=1S/C19H28N4O5/c1-3-14(2)28-13-22-17(25)11-21-19(27)16(23-18(26)10-20-12-24)9-15-7-5-4-6-8-15/h4-8,12,14,16H,3,9-11,13H2,1-2H3,(H,20,24)(H,21,27)(H,22,25)(H,23,26)/t14?,16-/m0/s1. The Morgan fingerprint density at radius 3 is 2.43 bits per heavy atom. The fraction of sp³-hybridized carbons (Fsp3) is 0.474. The summed E-state index contributed by atoms with van der Waals surface area (Å²) in [5.74, 6) is -1.40. The van der Waals surface area contributed by atoms with Crippen LogP contribution in [0.2, 0.25) is 0 Å². The van der Waals surface area contributed by atoms with E-state index in [0.29, 0.717) is 6.41 Å². The van der Waals surface area contributed by atoms with Gasteiger partial charge in [0.25, 0.3) is 0 Å². The summed E-state index contributed by atoms with van der Waals surface area (Å²) in [6.45, 7) is 3.44. The highest BCUT2D eigenvalue weighted by molar-refractivity contribution is 5.91. The SMILES string of the molecule is CCC(C)OCNC(=O)CNC(=O)[C@H](Cc1ccccc1)NC(=O)CNC=O. The molecule has 0 spiro atoms. The number of benzene rings is 1. The van der Waals surface area contributed by atoms with Crippen molar-refractivity contribution in [1.82, 2.24) is 21.3 Å². The molecular weight excluding hydrogens is 364 g/mol. The fourth-order valence-electron chi connectivity index (χ4n) is 2.17. The molecule has 4 amide bonds. The molecule has 154 valence electrons. The summed E-state index contributed by atoms with van der Waals surface area (Å²) in [6, 6.07) is 8.27. The van der Waals surface area contributed by atoms with E-state index in [0.717, 1.165) is 12.0 Å². The number of ether oxygens (including phenoxy) is 1. The second-order valence-corrected chi connectivity index (χ2v) is 6.16. The summed E-state index contributed by atoms with van der Waals surface area (Å²) in [4.78, 5) is 46.5. The Morgan fingerprint density at radius 2 is 1.79 bits per heavy atom. The lowest BCUT2D eigenvalue weighted by Crippen LogP contribution is -2.51. The summed E-state index contributed by atoms with van der Waals surface area (Å²) >= 11 is 0. The summed E-state index contributed by atoms with van der Waals surface area (Å²) in [7, 11) is 0. The number of amides is 4. The molecule has 0 aliphatic heterocycles. The second kappa shape index (κ2) is 13.3. The molecule has 28 heavy (non-hydrogen) atoms. The Labute approximate surface area is 164 Å². The van der Waals surface area contributed by atoms with Gasteiger partial charge < -0.3 is 26.0 Å². The van der Waals surface area contributed by atoms with Crippen LogP contribution in [0.1, 0.15) is 25.8 Å². The van der Waals surface area contributed by atoms with E-state index in [9.17, 15) is 19.2 Å². The average Bonchev–Trinajstić information content (AvgIpc) is 2.70. The molecule has 0 heterocycles. The van der Waals surface area contributed by atoms with Gasteiger partial charge in [-0.15, -0.1) is 0 Å². The molecule has 1 unspecified atom stereocenters. The smallest absolute Gasteiger partial charge is 0.243 e. The van der Waals surface area contributed by atoms with E-state index in [1.54, 1.807) is 0 Å². The number of rotatable bonds is 13. The number of carbonyl (C=O) groups excluding carboxylic acids is 4. The lowest BCUT2D eigenvalue weighted by atomic mass is 10.1. The van der Waals surface area contributed by atoms with E-state index in [2.05, 4.69) is 21.3 Å². The molecule has 0 aliphatic carbocycles. The Hall–Kier alpha value is -2.94. The predicted molar refractivity (Wildman–Crippen MR) is 103 cm³/mol. The van der Waals surface area contributed by atoms with Crippen molar-refractivity contribution in [3.63, 3.8) is 0 Å². The molecule has 0 saturated heterocycles. The maximum Gasteiger partial charge on any atom is 0.243 e. The highest BCUT2D eigenvalue weighted by Crippen LogP contribution is 2.03. The van der Waals surface area contributed by atoms with Gasteiger partial charge in [-0.05, 0) is 18.9 Å². The first-order chi connectivity index (χ1) is 13.5. The van der Waals surface area contributed by atoms with Crippen LogP contribution >= 0.6 is 0 Å². The Balaban J connectivity index is 2.56. The number of hydrogen-bond donors (Lipinski definition) is 4. The van der Waals surface area contributed by atoms with E-state index >= 15 is 0 Å². The van der Waals surface area contributed by atoms with Crippen LogP contribution in [0, 0.1) is 0 Å². The molecule has 1 rings (SSSR count). The Kier molecular flexibility index (Phi) is 10.9. The van der Waals surface area contributed by atoms with Gasteiger partial charge in [0, 0.05) is 6.42 Å². The van der Waals surface area contributed by atoms with E-state index in [-0.39, 0.29) is 32.3 Å². The minimum atomic E-state index is -0.882. The second-order valence-electron chi connectivity index (χ2n) is 6.16. The summed E-state index contributed by atoms with van der Waals surface area (Å²) < 4.78 is 5.35. The maximum atomic E-state index is 12.5. The van der Waals surface area contributed by atoms with Crippen molar-refractivity contribution in [2.24, 2.45) is 0 Å². The van der Waals surface area contributed by atoms with E-state index in [1.165, 1.54) is 0 Å². The highest BCUT2D eigenvalue weighted by Gasteiger charge is 2.21. The Morgan fingerprint density at radius 1 is 1.07 bits per heavy atom. The van der Waals surface area contributed by atoms with E-state index < -0.39 is 23.8 Å². The summed E-state index contributed by atoms with van der Waals surface area (Å²) in [5.41, 5.74) is 0.845. The topological polar surface area (TPSA) is 126 Å². The van der Waals surface area contributed by atoms with Crippen molar-refractivity contribution in [3.05, 3.63) is 35.9 Å². The van der Waals surface area contributed by atoms with Crippen molar-refractivity contribution < 1.29 is 23.9 Å². The molecule has 4 N–H and O–H groups in total. The van der Waals surface area contributed by atoms with Crippen LogP contribution in [0.4, 0.5) is 0 Å². The van der Waals surface area contributed by atoms with E-state index in [4.69, 9.17) is 4.74 Å². The lowest BCUT2D eigenvalue weighted by molar-refractivity contribution is -0.130. The van der Waals surface area contributed by atoms with Gasteiger partial charge in [0.2, 0.25) is 24.1 Å². The van der Waals surface area contributed by atoms with Crippen molar-refractivity contribution >= 4 is 24.1 Å². The minimum Gasteiger partial charge on any atom is -0.358 e. The van der Waals surface area contributed by atoms with Gasteiger partial charge in [-0.3, -0.25) is 19.2 Å². The van der Waals surface area contributed by atoms with Crippen molar-refractivity contribution in [3.8, 4) is 0 Å². The maximum absolute atomic E-state index is 12.5. The average molecular weight is 392 g/mol. The van der Waals surface area contributed by atoms with Crippen molar-refractivity contribution in [2.45, 2.75) is 38.8 Å². The summed E-state index contributed by atoms with van der Waals surface area (Å²) in [5, 5.41) is 9.86. The molecule has 1 aromatic rings. The zero-order valence-corrected chi connectivity index (χ0v) is 16.2. The van der Waals surface area contributed by atoms with Gasteiger partial charge in [-0.2, -0.15) is 0 Å². The zero-order valence-electron chi connectivity index (χ0n) is 16.2. The number of carbonyl (C=O) groups is 4. The first-order valence-electron chi connectivity index (χ1n) is 9.12. The monoisotopic (exact) mass is 392 g/mol. The number of hydrogen-bond acceptors (Lipinski definition) is 5. The third-order valence-electron chi connectivity index (χ3n) is 3.92. The fourth-order valence-corrected chi connectivity index (χ4v) is 2.17. The summed E-state index contributed by atoms with van der Waals surface area (Å²) in [6.07, 6.45) is 1.50. The van der Waals surface area contributed by atoms with Gasteiger partial charge >= 0.3 is 0 Å². The van der Waals surface area contributed by atoms with Crippen LogP contribution in [0.25, 0.3) is 0 Å². The highest BCUT2D eigenvalue weighted by atomic mass is 16.5. The van der Waals surface area contributed by atoms with Crippen LogP contribution in [0.5, 0.6) is 0 Å². The third-order valence-corrected chi connectivity index (χ3v) is 3.92. The Bertz CT molecular complexity index is 638. The zero-order chi connectivity index (χ0) is 20.8. The molecule has 0 aliphatic rings. The van der Waals surface area contributed by atoms with Gasteiger partial charge in [0.15, 0.2) is 0 Å². The molecule has 0 radical (unpaired) electrons. The van der Waals surface area contributed by atoms with Crippen LogP contribution in [-0.4, -0.2) is 56.1 Å². The van der Waals surface area contributed by atoms with Gasteiger partial charge in [0.05, 0.1) is 19.2 Å². The molecule has 9 nitrogen and oxygen atoms in total. The van der Waals surface area contributed by atoms with Crippen LogP contribution < -0.4 is 21.3 Å². The third kappa shape index (κ3) is 9.67. The first-order valence-corrected chi connectivity index (χ1v) is 9.12.